The molecular weight excluding hydrogens is 308 g/mol. The first-order valence-corrected chi connectivity index (χ1v) is 9.07. The van der Waals surface area contributed by atoms with Gasteiger partial charge < -0.3 is 10.2 Å². The summed E-state index contributed by atoms with van der Waals surface area (Å²) in [5.74, 6) is -1.43. The Hall–Kier alpha value is -1.49. The van der Waals surface area contributed by atoms with Crippen molar-refractivity contribution in [3.05, 3.63) is 12.2 Å². The van der Waals surface area contributed by atoms with E-state index in [1.165, 1.54) is 25.7 Å². The number of unbranched alkanes of at least 4 members (excludes halogenated alkanes) is 4. The lowest BCUT2D eigenvalue weighted by atomic mass is 9.89. The number of aliphatic hydroxyl groups excluding tert-OH is 1. The van der Waals surface area contributed by atoms with Crippen LogP contribution in [0.4, 0.5) is 0 Å². The van der Waals surface area contributed by atoms with Crippen LogP contribution >= 0.6 is 0 Å². The Kier molecular flexibility index (Phi) is 9.53. The minimum Gasteiger partial charge on any atom is -0.479 e. The van der Waals surface area contributed by atoms with Gasteiger partial charge in [0.1, 0.15) is 11.6 Å². The van der Waals surface area contributed by atoms with E-state index >= 15 is 0 Å². The first-order valence-electron chi connectivity index (χ1n) is 9.07. The van der Waals surface area contributed by atoms with Crippen molar-refractivity contribution >= 4 is 17.5 Å². The molecule has 0 heterocycles. The Bertz CT molecular complexity index is 455. The van der Waals surface area contributed by atoms with Crippen molar-refractivity contribution < 1.29 is 24.6 Å². The summed E-state index contributed by atoms with van der Waals surface area (Å²) in [7, 11) is 0. The average Bonchev–Trinajstić information content (AvgIpc) is 2.88. The van der Waals surface area contributed by atoms with E-state index in [0.717, 1.165) is 12.8 Å². The molecule has 0 aromatic carbocycles. The van der Waals surface area contributed by atoms with E-state index in [4.69, 9.17) is 5.11 Å². The van der Waals surface area contributed by atoms with Crippen LogP contribution in [0.2, 0.25) is 0 Å². The van der Waals surface area contributed by atoms with Gasteiger partial charge in [-0.1, -0.05) is 38.3 Å². The maximum absolute atomic E-state index is 12.0. The summed E-state index contributed by atoms with van der Waals surface area (Å²) in [5, 5.41) is 17.8. The van der Waals surface area contributed by atoms with E-state index in [0.29, 0.717) is 12.8 Å². The van der Waals surface area contributed by atoms with Crippen molar-refractivity contribution in [1.29, 1.82) is 0 Å². The van der Waals surface area contributed by atoms with Crippen LogP contribution in [0.1, 0.15) is 71.1 Å². The largest absolute Gasteiger partial charge is 0.479 e. The van der Waals surface area contributed by atoms with Gasteiger partial charge >= 0.3 is 5.97 Å². The quantitative estimate of drug-likeness (QED) is 0.421. The summed E-state index contributed by atoms with van der Waals surface area (Å²) in [5.41, 5.74) is 0. The Morgan fingerprint density at radius 3 is 2.71 bits per heavy atom. The van der Waals surface area contributed by atoms with Crippen LogP contribution in [-0.2, 0) is 14.4 Å². The number of hydrogen-bond acceptors (Lipinski definition) is 4. The van der Waals surface area contributed by atoms with Gasteiger partial charge in [-0.3, -0.25) is 9.59 Å². The molecule has 0 aliphatic heterocycles. The molecule has 5 heteroatoms. The number of aliphatic hydroxyl groups is 1. The fraction of sp³-hybridized carbons (Fsp3) is 0.737. The summed E-state index contributed by atoms with van der Waals surface area (Å²) in [4.78, 5) is 34.3. The van der Waals surface area contributed by atoms with E-state index in [-0.39, 0.29) is 36.2 Å². The van der Waals surface area contributed by atoms with Crippen LogP contribution < -0.4 is 0 Å². The Morgan fingerprint density at radius 1 is 1.29 bits per heavy atom. The summed E-state index contributed by atoms with van der Waals surface area (Å²) in [6, 6.07) is 0. The third-order valence-corrected chi connectivity index (χ3v) is 4.70. The third kappa shape index (κ3) is 7.39. The second-order valence-corrected chi connectivity index (χ2v) is 6.69. The number of ketones is 2. The molecule has 0 saturated heterocycles. The maximum Gasteiger partial charge on any atom is 0.332 e. The van der Waals surface area contributed by atoms with Gasteiger partial charge in [-0.25, -0.2) is 4.79 Å². The fourth-order valence-electron chi connectivity index (χ4n) is 3.22. The number of aliphatic carboxylic acids is 1. The number of carboxylic acid groups (broad SMARTS) is 1. The van der Waals surface area contributed by atoms with Crippen molar-refractivity contribution in [1.82, 2.24) is 0 Å². The summed E-state index contributed by atoms with van der Waals surface area (Å²) >= 11 is 0. The number of hydrogen-bond donors (Lipinski definition) is 2. The van der Waals surface area contributed by atoms with Crippen LogP contribution in [0.15, 0.2) is 12.2 Å². The van der Waals surface area contributed by atoms with E-state index in [2.05, 4.69) is 19.1 Å². The lowest BCUT2D eigenvalue weighted by Crippen LogP contribution is -2.24. The molecule has 0 radical (unpaired) electrons. The average molecular weight is 338 g/mol. The van der Waals surface area contributed by atoms with Crippen molar-refractivity contribution in [3.8, 4) is 0 Å². The van der Waals surface area contributed by atoms with Crippen LogP contribution in [-0.4, -0.2) is 33.9 Å². The molecule has 24 heavy (non-hydrogen) atoms. The third-order valence-electron chi connectivity index (χ3n) is 4.70. The second kappa shape index (κ2) is 11.1. The summed E-state index contributed by atoms with van der Waals surface area (Å²) < 4.78 is 0. The van der Waals surface area contributed by atoms with Crippen molar-refractivity contribution in [2.24, 2.45) is 11.8 Å². The van der Waals surface area contributed by atoms with Gasteiger partial charge in [0.25, 0.3) is 0 Å². The molecule has 1 aliphatic rings. The number of carbonyl (C=O) groups excluding carboxylic acids is 2. The molecule has 3 atom stereocenters. The first-order chi connectivity index (χ1) is 11.5. The SMILES string of the molecule is CCCCCCC=C[C@H]1CCC(=O)[C@@H]1CCC(=O)CC(O)C(=O)O. The molecule has 0 spiro atoms. The Morgan fingerprint density at radius 2 is 2.04 bits per heavy atom. The molecule has 1 rings (SSSR count). The van der Waals surface area contributed by atoms with Gasteiger partial charge in [0, 0.05) is 25.2 Å². The lowest BCUT2D eigenvalue weighted by molar-refractivity contribution is -0.148. The van der Waals surface area contributed by atoms with Gasteiger partial charge in [-0.2, -0.15) is 0 Å². The predicted molar refractivity (Wildman–Crippen MR) is 91.6 cm³/mol. The van der Waals surface area contributed by atoms with E-state index < -0.39 is 12.1 Å². The molecule has 0 aromatic rings. The molecule has 2 N–H and O–H groups in total. The molecule has 1 saturated carbocycles. The number of allylic oxidation sites excluding steroid dienone is 2. The molecule has 5 nitrogen and oxygen atoms in total. The van der Waals surface area contributed by atoms with Gasteiger partial charge in [0.2, 0.25) is 0 Å². The van der Waals surface area contributed by atoms with Gasteiger partial charge in [0.15, 0.2) is 6.10 Å². The Labute approximate surface area is 144 Å². The van der Waals surface area contributed by atoms with Crippen LogP contribution in [0.25, 0.3) is 0 Å². The fourth-order valence-corrected chi connectivity index (χ4v) is 3.22. The van der Waals surface area contributed by atoms with E-state index in [9.17, 15) is 19.5 Å². The monoisotopic (exact) mass is 338 g/mol. The molecule has 1 unspecified atom stereocenters. The molecule has 0 amide bonds. The van der Waals surface area contributed by atoms with E-state index in [1.54, 1.807) is 0 Å². The van der Waals surface area contributed by atoms with Crippen molar-refractivity contribution in [3.63, 3.8) is 0 Å². The minimum atomic E-state index is -1.64. The van der Waals surface area contributed by atoms with Gasteiger partial charge in [-0.15, -0.1) is 0 Å². The number of rotatable bonds is 12. The molecular formula is C19H30O5. The van der Waals surface area contributed by atoms with Crippen molar-refractivity contribution in [2.75, 3.05) is 0 Å². The molecule has 1 fully saturated rings. The minimum absolute atomic E-state index is 0.136. The van der Waals surface area contributed by atoms with E-state index in [1.807, 2.05) is 0 Å². The predicted octanol–water partition coefficient (Wildman–Crippen LogP) is 3.29. The van der Waals surface area contributed by atoms with Gasteiger partial charge in [0.05, 0.1) is 0 Å². The standard InChI is InChI=1S/C19H30O5/c1-2-3-4-5-6-7-8-14-9-12-17(21)16(14)11-10-15(20)13-18(22)19(23)24/h7-8,14,16,18,22H,2-6,9-13H2,1H3,(H,23,24)/t14-,16+,18?/m0/s1. The number of carbonyl (C=O) groups is 3. The number of carboxylic acids is 1. The first kappa shape index (κ1) is 20.6. The van der Waals surface area contributed by atoms with Crippen LogP contribution in [0, 0.1) is 11.8 Å². The lowest BCUT2D eigenvalue weighted by Gasteiger charge is -2.14. The topological polar surface area (TPSA) is 91.7 Å². The molecule has 1 aliphatic carbocycles. The molecule has 0 aromatic heterocycles. The molecule has 136 valence electrons. The second-order valence-electron chi connectivity index (χ2n) is 6.69. The summed E-state index contributed by atoms with van der Waals surface area (Å²) in [6.45, 7) is 2.18. The zero-order valence-electron chi connectivity index (χ0n) is 14.6. The number of Topliss-reactive ketones (excluding diaryl/α,β-unsaturated/α-hetero) is 2. The highest BCUT2D eigenvalue weighted by molar-refractivity contribution is 5.87. The Balaban J connectivity index is 2.38. The van der Waals surface area contributed by atoms with Crippen molar-refractivity contribution in [2.45, 2.75) is 77.2 Å². The highest BCUT2D eigenvalue weighted by Gasteiger charge is 2.33. The van der Waals surface area contributed by atoms with Crippen LogP contribution in [0.5, 0.6) is 0 Å². The highest BCUT2D eigenvalue weighted by Crippen LogP contribution is 2.33. The highest BCUT2D eigenvalue weighted by atomic mass is 16.4. The summed E-state index contributed by atoms with van der Waals surface area (Å²) in [6.07, 6.45) is 10.1. The zero-order chi connectivity index (χ0) is 17.9. The maximum atomic E-state index is 12.0. The molecule has 0 bridgehead atoms. The van der Waals surface area contributed by atoms with Gasteiger partial charge in [-0.05, 0) is 31.6 Å². The smallest absolute Gasteiger partial charge is 0.332 e. The van der Waals surface area contributed by atoms with Crippen LogP contribution in [0.3, 0.4) is 0 Å². The zero-order valence-corrected chi connectivity index (χ0v) is 14.6. The normalized spacial score (nSPS) is 22.2.